The van der Waals surface area contributed by atoms with Gasteiger partial charge in [-0.05, 0) is 52.5 Å². The molecule has 6 heteroatoms. The average molecular weight is 361 g/mol. The molecule has 1 fully saturated rings. The van der Waals surface area contributed by atoms with E-state index in [1.54, 1.807) is 24.7 Å². The lowest BCUT2D eigenvalue weighted by molar-refractivity contribution is 0.0950. The maximum Gasteiger partial charge on any atom is 0.253 e. The zero-order valence-electron chi connectivity index (χ0n) is 12.1. The van der Waals surface area contributed by atoms with Crippen LogP contribution in [0.1, 0.15) is 28.8 Å². The van der Waals surface area contributed by atoms with E-state index in [0.717, 1.165) is 28.9 Å². The van der Waals surface area contributed by atoms with Crippen molar-refractivity contribution in [3.8, 4) is 0 Å². The molecule has 1 aliphatic rings. The van der Waals surface area contributed by atoms with Crippen molar-refractivity contribution in [3.05, 3.63) is 52.4 Å². The van der Waals surface area contributed by atoms with Gasteiger partial charge in [-0.1, -0.05) is 0 Å². The third-order valence-corrected chi connectivity index (χ3v) is 4.09. The molecule has 0 spiro atoms. The molecule has 1 amide bonds. The molecule has 22 heavy (non-hydrogen) atoms. The highest BCUT2D eigenvalue weighted by atomic mass is 79.9. The minimum atomic E-state index is -0.131. The minimum Gasteiger partial charge on any atom is -0.357 e. The van der Waals surface area contributed by atoms with Crippen molar-refractivity contribution in [1.82, 2.24) is 15.3 Å². The monoisotopic (exact) mass is 360 g/mol. The molecule has 0 aromatic carbocycles. The molecular weight excluding hydrogens is 344 g/mol. The minimum absolute atomic E-state index is 0.131. The van der Waals surface area contributed by atoms with Gasteiger partial charge in [0, 0.05) is 42.7 Å². The Morgan fingerprint density at radius 2 is 2.09 bits per heavy atom. The molecule has 0 unspecified atom stereocenters. The molecule has 0 saturated carbocycles. The number of anilines is 1. The van der Waals surface area contributed by atoms with E-state index < -0.39 is 0 Å². The van der Waals surface area contributed by atoms with E-state index in [9.17, 15) is 4.79 Å². The summed E-state index contributed by atoms with van der Waals surface area (Å²) in [5, 5.41) is 2.91. The molecule has 3 heterocycles. The third kappa shape index (κ3) is 3.62. The van der Waals surface area contributed by atoms with E-state index in [2.05, 4.69) is 36.1 Å². The maximum absolute atomic E-state index is 12.1. The number of hydrogen-bond acceptors (Lipinski definition) is 4. The number of halogens is 1. The number of amides is 1. The van der Waals surface area contributed by atoms with Crippen LogP contribution in [0, 0.1) is 0 Å². The van der Waals surface area contributed by atoms with Crippen molar-refractivity contribution in [3.63, 3.8) is 0 Å². The maximum atomic E-state index is 12.1. The van der Waals surface area contributed by atoms with Gasteiger partial charge in [-0.2, -0.15) is 0 Å². The van der Waals surface area contributed by atoms with E-state index in [0.29, 0.717) is 12.1 Å². The van der Waals surface area contributed by atoms with Gasteiger partial charge in [0.1, 0.15) is 5.82 Å². The Morgan fingerprint density at radius 3 is 2.86 bits per heavy atom. The van der Waals surface area contributed by atoms with Crippen LogP contribution in [0.3, 0.4) is 0 Å². The number of pyridine rings is 2. The number of carbonyl (C=O) groups is 1. The Hall–Kier alpha value is -1.95. The van der Waals surface area contributed by atoms with Crippen LogP contribution in [0.4, 0.5) is 5.82 Å². The molecule has 1 aliphatic heterocycles. The second kappa shape index (κ2) is 6.87. The van der Waals surface area contributed by atoms with Gasteiger partial charge in [0.05, 0.1) is 5.56 Å². The quantitative estimate of drug-likeness (QED) is 0.910. The predicted molar refractivity (Wildman–Crippen MR) is 88.8 cm³/mol. The van der Waals surface area contributed by atoms with Crippen molar-refractivity contribution < 1.29 is 4.79 Å². The van der Waals surface area contributed by atoms with Crippen LogP contribution in [0.5, 0.6) is 0 Å². The summed E-state index contributed by atoms with van der Waals surface area (Å²) >= 11 is 3.32. The van der Waals surface area contributed by atoms with Crippen LogP contribution in [0.2, 0.25) is 0 Å². The van der Waals surface area contributed by atoms with E-state index in [1.165, 1.54) is 12.8 Å². The number of hydrogen-bond donors (Lipinski definition) is 1. The largest absolute Gasteiger partial charge is 0.357 e. The van der Waals surface area contributed by atoms with E-state index in [4.69, 9.17) is 0 Å². The van der Waals surface area contributed by atoms with Gasteiger partial charge >= 0.3 is 0 Å². The van der Waals surface area contributed by atoms with Crippen LogP contribution in [-0.2, 0) is 6.54 Å². The fourth-order valence-corrected chi connectivity index (χ4v) is 2.87. The highest BCUT2D eigenvalue weighted by Gasteiger charge is 2.14. The molecule has 114 valence electrons. The smallest absolute Gasteiger partial charge is 0.253 e. The first kappa shape index (κ1) is 15.0. The van der Waals surface area contributed by atoms with Crippen molar-refractivity contribution in [2.75, 3.05) is 18.0 Å². The van der Waals surface area contributed by atoms with Crippen LogP contribution in [0.15, 0.2) is 41.3 Å². The fourth-order valence-electron chi connectivity index (χ4n) is 2.51. The summed E-state index contributed by atoms with van der Waals surface area (Å²) < 4.78 is 0.792. The van der Waals surface area contributed by atoms with Crippen molar-refractivity contribution in [2.24, 2.45) is 0 Å². The summed E-state index contributed by atoms with van der Waals surface area (Å²) in [7, 11) is 0. The predicted octanol–water partition coefficient (Wildman–Crippen LogP) is 2.77. The van der Waals surface area contributed by atoms with E-state index in [-0.39, 0.29) is 5.91 Å². The molecule has 3 rings (SSSR count). The Kier molecular flexibility index (Phi) is 4.68. The molecule has 0 atom stereocenters. The van der Waals surface area contributed by atoms with Gasteiger partial charge in [-0.25, -0.2) is 4.98 Å². The number of nitrogens with one attached hydrogen (secondary N) is 1. The lowest BCUT2D eigenvalue weighted by Crippen LogP contribution is -2.23. The molecule has 0 aliphatic carbocycles. The summed E-state index contributed by atoms with van der Waals surface area (Å²) in [6.07, 6.45) is 7.46. The van der Waals surface area contributed by atoms with Crippen molar-refractivity contribution in [1.29, 1.82) is 0 Å². The topological polar surface area (TPSA) is 58.1 Å². The molecule has 5 nitrogen and oxygen atoms in total. The van der Waals surface area contributed by atoms with Crippen LogP contribution in [0.25, 0.3) is 0 Å². The first-order chi connectivity index (χ1) is 10.7. The van der Waals surface area contributed by atoms with Gasteiger partial charge in [0.15, 0.2) is 0 Å². The number of rotatable bonds is 4. The summed E-state index contributed by atoms with van der Waals surface area (Å²) in [5.41, 5.74) is 1.59. The normalized spacial score (nSPS) is 14.1. The standard InChI is InChI=1S/C16H17BrN4O/c17-14-8-13(10-18-11-14)16(22)20-9-12-3-4-19-15(7-12)21-5-1-2-6-21/h3-4,7-8,10-11H,1-2,5-6,9H2,(H,20,22). The van der Waals surface area contributed by atoms with Crippen LogP contribution >= 0.6 is 15.9 Å². The molecule has 0 bridgehead atoms. The van der Waals surface area contributed by atoms with Gasteiger partial charge in [-0.3, -0.25) is 9.78 Å². The summed E-state index contributed by atoms with van der Waals surface area (Å²) in [4.78, 5) is 22.8. The fraction of sp³-hybridized carbons (Fsp3) is 0.312. The first-order valence-corrected chi connectivity index (χ1v) is 8.10. The first-order valence-electron chi connectivity index (χ1n) is 7.31. The Bertz CT molecular complexity index is 671. The van der Waals surface area contributed by atoms with Crippen molar-refractivity contribution in [2.45, 2.75) is 19.4 Å². The van der Waals surface area contributed by atoms with E-state index >= 15 is 0 Å². The molecule has 2 aromatic heterocycles. The van der Waals surface area contributed by atoms with Gasteiger partial charge in [0.25, 0.3) is 5.91 Å². The van der Waals surface area contributed by atoms with Gasteiger partial charge < -0.3 is 10.2 Å². The molecular formula is C16H17BrN4O. The molecule has 1 N–H and O–H groups in total. The Balaban J connectivity index is 1.63. The number of nitrogens with zero attached hydrogens (tertiary/aromatic N) is 3. The second-order valence-electron chi connectivity index (χ2n) is 5.29. The average Bonchev–Trinajstić information content (AvgIpc) is 3.07. The van der Waals surface area contributed by atoms with Gasteiger partial charge in [0.2, 0.25) is 0 Å². The van der Waals surface area contributed by atoms with Crippen LogP contribution in [-0.4, -0.2) is 29.0 Å². The lowest BCUT2D eigenvalue weighted by atomic mass is 10.2. The van der Waals surface area contributed by atoms with Gasteiger partial charge in [-0.15, -0.1) is 0 Å². The number of carbonyl (C=O) groups excluding carboxylic acids is 1. The van der Waals surface area contributed by atoms with Crippen LogP contribution < -0.4 is 10.2 Å². The second-order valence-corrected chi connectivity index (χ2v) is 6.21. The SMILES string of the molecule is O=C(NCc1ccnc(N2CCCC2)c1)c1cncc(Br)c1. The molecule has 1 saturated heterocycles. The lowest BCUT2D eigenvalue weighted by Gasteiger charge is -2.17. The summed E-state index contributed by atoms with van der Waals surface area (Å²) in [6.45, 7) is 2.60. The molecule has 2 aromatic rings. The highest BCUT2D eigenvalue weighted by Crippen LogP contribution is 2.18. The highest BCUT2D eigenvalue weighted by molar-refractivity contribution is 9.10. The number of aromatic nitrogens is 2. The third-order valence-electron chi connectivity index (χ3n) is 3.66. The summed E-state index contributed by atoms with van der Waals surface area (Å²) in [5.74, 6) is 0.863. The zero-order chi connectivity index (χ0) is 15.4. The Morgan fingerprint density at radius 1 is 1.27 bits per heavy atom. The Labute approximate surface area is 137 Å². The van der Waals surface area contributed by atoms with Crippen molar-refractivity contribution >= 4 is 27.7 Å². The zero-order valence-corrected chi connectivity index (χ0v) is 13.7. The summed E-state index contributed by atoms with van der Waals surface area (Å²) in [6, 6.07) is 5.73. The van der Waals surface area contributed by atoms with E-state index in [1.807, 2.05) is 12.1 Å². The molecule has 0 radical (unpaired) electrons.